The summed E-state index contributed by atoms with van der Waals surface area (Å²) in [4.78, 5) is 40.2. The van der Waals surface area contributed by atoms with Gasteiger partial charge in [-0.3, -0.25) is 9.59 Å². The molecule has 0 aliphatic heterocycles. The molecule has 3 N–H and O–H groups in total. The summed E-state index contributed by atoms with van der Waals surface area (Å²) in [6, 6.07) is 8.76. The molecule has 1 atom stereocenters. The summed E-state index contributed by atoms with van der Waals surface area (Å²) in [5.41, 5.74) is 2.64. The summed E-state index contributed by atoms with van der Waals surface area (Å²) >= 11 is 1.16. The molecule has 0 aliphatic carbocycles. The summed E-state index contributed by atoms with van der Waals surface area (Å²) < 4.78 is 5.04. The number of carbonyl (C=O) groups excluding carboxylic acids is 3. The second-order valence-corrected chi connectivity index (χ2v) is 7.70. The third-order valence-electron chi connectivity index (χ3n) is 4.42. The molecule has 3 aromatic rings. The van der Waals surface area contributed by atoms with E-state index < -0.39 is 12.0 Å². The molecule has 0 saturated heterocycles. The first-order valence-corrected chi connectivity index (χ1v) is 10.1. The highest BCUT2D eigenvalue weighted by Gasteiger charge is 2.23. The maximum Gasteiger partial charge on any atom is 0.348 e. The minimum absolute atomic E-state index is 0.285. The number of benzene rings is 1. The number of H-pyrrole nitrogens is 1. The third kappa shape index (κ3) is 4.83. The molecule has 2 amide bonds. The Morgan fingerprint density at radius 3 is 2.72 bits per heavy atom. The standard InChI is InChI=1S/C21H23N3O4S/c1-4-28-21(27)19-12(2)9-18(29-19)24-20(26)17(23-13(3)25)10-14-11-22-16-8-6-5-7-15(14)16/h5-9,11,17,22H,4,10H2,1-3H3,(H,23,25)(H,24,26). The van der Waals surface area contributed by atoms with Crippen molar-refractivity contribution in [2.24, 2.45) is 0 Å². The second kappa shape index (κ2) is 8.91. The smallest absolute Gasteiger partial charge is 0.348 e. The molecule has 0 spiro atoms. The molecule has 3 rings (SSSR count). The van der Waals surface area contributed by atoms with Crippen molar-refractivity contribution >= 4 is 45.0 Å². The number of ether oxygens (including phenoxy) is 1. The van der Waals surface area contributed by atoms with Crippen LogP contribution in [0, 0.1) is 6.92 Å². The van der Waals surface area contributed by atoms with Gasteiger partial charge in [-0.15, -0.1) is 11.3 Å². The summed E-state index contributed by atoms with van der Waals surface area (Å²) in [5.74, 6) is -1.05. The van der Waals surface area contributed by atoms with Gasteiger partial charge in [0.15, 0.2) is 0 Å². The number of fused-ring (bicyclic) bond motifs is 1. The SMILES string of the molecule is CCOC(=O)c1sc(NC(=O)C(Cc2c[nH]c3ccccc23)NC(C)=O)cc1C. The van der Waals surface area contributed by atoms with Gasteiger partial charge in [-0.2, -0.15) is 0 Å². The van der Waals surface area contributed by atoms with Gasteiger partial charge in [0, 0.05) is 30.4 Å². The van der Waals surface area contributed by atoms with Crippen LogP contribution in [0.2, 0.25) is 0 Å². The van der Waals surface area contributed by atoms with E-state index in [0.717, 1.165) is 33.4 Å². The molecule has 7 nitrogen and oxygen atoms in total. The van der Waals surface area contributed by atoms with Gasteiger partial charge >= 0.3 is 5.97 Å². The lowest BCUT2D eigenvalue weighted by Crippen LogP contribution is -2.44. The fourth-order valence-corrected chi connectivity index (χ4v) is 4.10. The van der Waals surface area contributed by atoms with E-state index in [1.54, 1.807) is 19.9 Å². The lowest BCUT2D eigenvalue weighted by Gasteiger charge is -2.17. The van der Waals surface area contributed by atoms with Crippen LogP contribution in [-0.4, -0.2) is 35.4 Å². The predicted octanol–water partition coefficient (Wildman–Crippen LogP) is 3.40. The van der Waals surface area contributed by atoms with Crippen LogP contribution in [0.3, 0.4) is 0 Å². The van der Waals surface area contributed by atoms with E-state index in [2.05, 4.69) is 15.6 Å². The Morgan fingerprint density at radius 1 is 1.24 bits per heavy atom. The molecule has 0 bridgehead atoms. The zero-order chi connectivity index (χ0) is 21.0. The summed E-state index contributed by atoms with van der Waals surface area (Å²) in [7, 11) is 0. The summed E-state index contributed by atoms with van der Waals surface area (Å²) in [6.45, 7) is 5.19. The van der Waals surface area contributed by atoms with Gasteiger partial charge in [-0.1, -0.05) is 18.2 Å². The number of nitrogens with one attached hydrogen (secondary N) is 3. The minimum Gasteiger partial charge on any atom is -0.462 e. The van der Waals surface area contributed by atoms with E-state index >= 15 is 0 Å². The Hall–Kier alpha value is -3.13. The zero-order valence-corrected chi connectivity index (χ0v) is 17.3. The maximum atomic E-state index is 12.9. The van der Waals surface area contributed by atoms with Crippen LogP contribution in [0.1, 0.15) is 34.6 Å². The Kier molecular flexibility index (Phi) is 6.33. The summed E-state index contributed by atoms with van der Waals surface area (Å²) in [6.07, 6.45) is 2.19. The van der Waals surface area contributed by atoms with Crippen LogP contribution in [-0.2, 0) is 20.7 Å². The van der Waals surface area contributed by atoms with Gasteiger partial charge < -0.3 is 20.4 Å². The number of thiophene rings is 1. The van der Waals surface area contributed by atoms with Crippen LogP contribution in [0.5, 0.6) is 0 Å². The lowest BCUT2D eigenvalue weighted by atomic mass is 10.0. The summed E-state index contributed by atoms with van der Waals surface area (Å²) in [5, 5.41) is 7.07. The number of esters is 1. The molecular weight excluding hydrogens is 390 g/mol. The third-order valence-corrected chi connectivity index (χ3v) is 5.55. The van der Waals surface area contributed by atoms with Crippen molar-refractivity contribution in [3.8, 4) is 0 Å². The topological polar surface area (TPSA) is 100 Å². The van der Waals surface area contributed by atoms with Gasteiger partial charge in [0.1, 0.15) is 10.9 Å². The molecule has 0 aliphatic rings. The lowest BCUT2D eigenvalue weighted by molar-refractivity contribution is -0.125. The van der Waals surface area contributed by atoms with Crippen molar-refractivity contribution in [2.75, 3.05) is 11.9 Å². The van der Waals surface area contributed by atoms with Crippen LogP contribution >= 0.6 is 11.3 Å². The Balaban J connectivity index is 1.78. The van der Waals surface area contributed by atoms with Crippen molar-refractivity contribution in [1.29, 1.82) is 0 Å². The molecule has 29 heavy (non-hydrogen) atoms. The second-order valence-electron chi connectivity index (χ2n) is 6.65. The molecule has 152 valence electrons. The average Bonchev–Trinajstić information content (AvgIpc) is 3.24. The van der Waals surface area contributed by atoms with Crippen molar-refractivity contribution in [3.05, 3.63) is 52.5 Å². The molecule has 2 aromatic heterocycles. The van der Waals surface area contributed by atoms with Crippen LogP contribution in [0.25, 0.3) is 10.9 Å². The molecule has 0 fully saturated rings. The number of hydrogen-bond donors (Lipinski definition) is 3. The largest absolute Gasteiger partial charge is 0.462 e. The van der Waals surface area contributed by atoms with E-state index in [-0.39, 0.29) is 18.4 Å². The first kappa shape index (κ1) is 20.6. The number of aromatic amines is 1. The van der Waals surface area contributed by atoms with Crippen molar-refractivity contribution in [2.45, 2.75) is 33.2 Å². The molecule has 2 heterocycles. The van der Waals surface area contributed by atoms with E-state index in [0.29, 0.717) is 16.3 Å². The highest BCUT2D eigenvalue weighted by atomic mass is 32.1. The number of para-hydroxylation sites is 1. The Bertz CT molecular complexity index is 1050. The van der Waals surface area contributed by atoms with Gasteiger partial charge in [0.05, 0.1) is 11.6 Å². The first-order chi connectivity index (χ1) is 13.9. The first-order valence-electron chi connectivity index (χ1n) is 9.29. The number of carbonyl (C=O) groups is 3. The molecule has 1 aromatic carbocycles. The predicted molar refractivity (Wildman–Crippen MR) is 113 cm³/mol. The van der Waals surface area contributed by atoms with Gasteiger partial charge in [-0.25, -0.2) is 4.79 Å². The van der Waals surface area contributed by atoms with E-state index in [1.165, 1.54) is 6.92 Å². The normalized spacial score (nSPS) is 11.8. The Morgan fingerprint density at radius 2 is 2.00 bits per heavy atom. The maximum absolute atomic E-state index is 12.9. The van der Waals surface area contributed by atoms with Crippen LogP contribution in [0.4, 0.5) is 5.00 Å². The van der Waals surface area contributed by atoms with Gasteiger partial charge in [0.2, 0.25) is 11.8 Å². The van der Waals surface area contributed by atoms with E-state index in [4.69, 9.17) is 4.74 Å². The quantitative estimate of drug-likeness (QED) is 0.517. The number of aryl methyl sites for hydroxylation is 1. The van der Waals surface area contributed by atoms with E-state index in [1.807, 2.05) is 30.5 Å². The van der Waals surface area contributed by atoms with E-state index in [9.17, 15) is 14.4 Å². The van der Waals surface area contributed by atoms with Gasteiger partial charge in [0.25, 0.3) is 0 Å². The molecule has 8 heteroatoms. The Labute approximate surface area is 172 Å². The highest BCUT2D eigenvalue weighted by molar-refractivity contribution is 7.18. The highest BCUT2D eigenvalue weighted by Crippen LogP contribution is 2.28. The number of rotatable bonds is 7. The molecule has 0 radical (unpaired) electrons. The van der Waals surface area contributed by atoms with Crippen LogP contribution in [0.15, 0.2) is 36.5 Å². The molecule has 0 saturated carbocycles. The van der Waals surface area contributed by atoms with Crippen molar-refractivity contribution < 1.29 is 19.1 Å². The number of hydrogen-bond acceptors (Lipinski definition) is 5. The average molecular weight is 413 g/mol. The number of aromatic nitrogens is 1. The minimum atomic E-state index is -0.750. The molecule has 1 unspecified atom stereocenters. The zero-order valence-electron chi connectivity index (χ0n) is 16.5. The number of amides is 2. The van der Waals surface area contributed by atoms with Gasteiger partial charge in [-0.05, 0) is 37.1 Å². The van der Waals surface area contributed by atoms with Crippen molar-refractivity contribution in [3.63, 3.8) is 0 Å². The fourth-order valence-electron chi connectivity index (χ4n) is 3.13. The monoisotopic (exact) mass is 413 g/mol. The number of anilines is 1. The fraction of sp³-hybridized carbons (Fsp3) is 0.286. The van der Waals surface area contributed by atoms with Crippen molar-refractivity contribution in [1.82, 2.24) is 10.3 Å². The molecular formula is C21H23N3O4S. The van der Waals surface area contributed by atoms with Crippen LogP contribution < -0.4 is 10.6 Å².